The van der Waals surface area contributed by atoms with E-state index in [-0.39, 0.29) is 16.3 Å². The lowest BCUT2D eigenvalue weighted by Crippen LogP contribution is -2.21. The fourth-order valence-corrected chi connectivity index (χ4v) is 2.28. The van der Waals surface area contributed by atoms with Crippen molar-refractivity contribution in [3.05, 3.63) is 67.9 Å². The molecule has 1 N–H and O–H groups in total. The van der Waals surface area contributed by atoms with Crippen LogP contribution in [0.15, 0.2) is 36.4 Å². The molecule has 1 amide bonds. The van der Waals surface area contributed by atoms with E-state index in [0.29, 0.717) is 5.02 Å². The molecule has 2 rings (SSSR count). The first-order valence-corrected chi connectivity index (χ1v) is 7.39. The number of carbonyl (C=O) groups excluding carboxylic acids is 2. The van der Waals surface area contributed by atoms with Crippen LogP contribution in [0.2, 0.25) is 10.0 Å². The lowest BCUT2D eigenvalue weighted by molar-refractivity contribution is -0.387. The van der Waals surface area contributed by atoms with Gasteiger partial charge in [0.1, 0.15) is 0 Å². The van der Waals surface area contributed by atoms with Gasteiger partial charge in [0, 0.05) is 16.8 Å². The third kappa shape index (κ3) is 4.88. The van der Waals surface area contributed by atoms with Gasteiger partial charge in [0.25, 0.3) is 5.91 Å². The van der Waals surface area contributed by atoms with Crippen LogP contribution in [0, 0.1) is 15.9 Å². The highest BCUT2D eigenvalue weighted by Crippen LogP contribution is 2.22. The van der Waals surface area contributed by atoms with Gasteiger partial charge in [0.05, 0.1) is 15.5 Å². The van der Waals surface area contributed by atoms with E-state index in [4.69, 9.17) is 27.9 Å². The Morgan fingerprint density at radius 2 is 1.92 bits per heavy atom. The lowest BCUT2D eigenvalue weighted by Gasteiger charge is -2.08. The number of carbonyl (C=O) groups is 2. The van der Waals surface area contributed by atoms with Crippen LogP contribution >= 0.6 is 23.2 Å². The molecular weight excluding hydrogens is 378 g/mol. The number of rotatable bonds is 5. The molecule has 25 heavy (non-hydrogen) atoms. The van der Waals surface area contributed by atoms with Crippen molar-refractivity contribution in [3.8, 4) is 0 Å². The monoisotopic (exact) mass is 386 g/mol. The number of amides is 1. The van der Waals surface area contributed by atoms with Gasteiger partial charge in [-0.25, -0.2) is 4.79 Å². The molecule has 0 atom stereocenters. The Balaban J connectivity index is 1.98. The molecule has 0 unspecified atom stereocenters. The number of nitro benzene ring substituents is 1. The van der Waals surface area contributed by atoms with E-state index in [2.05, 4.69) is 5.32 Å². The van der Waals surface area contributed by atoms with Crippen LogP contribution in [0.3, 0.4) is 0 Å². The van der Waals surface area contributed by atoms with Crippen molar-refractivity contribution < 1.29 is 23.6 Å². The van der Waals surface area contributed by atoms with Crippen molar-refractivity contribution in [2.24, 2.45) is 0 Å². The molecule has 2 aromatic rings. The van der Waals surface area contributed by atoms with Crippen LogP contribution in [0.1, 0.15) is 10.4 Å². The molecular formula is C15H9Cl2FN2O5. The topological polar surface area (TPSA) is 98.5 Å². The zero-order valence-corrected chi connectivity index (χ0v) is 13.8. The van der Waals surface area contributed by atoms with Crippen molar-refractivity contribution >= 4 is 46.5 Å². The molecule has 0 aliphatic carbocycles. The SMILES string of the molecule is O=C(COC(=O)c1ccc(Cl)cc1Cl)Nc1ccc(F)c([N+](=O)[O-])c1. The van der Waals surface area contributed by atoms with Crippen molar-refractivity contribution in [2.75, 3.05) is 11.9 Å². The Labute approximate surface area is 150 Å². The molecule has 10 heteroatoms. The average Bonchev–Trinajstić information content (AvgIpc) is 2.54. The minimum atomic E-state index is -1.04. The van der Waals surface area contributed by atoms with Gasteiger partial charge in [0.2, 0.25) is 5.82 Å². The van der Waals surface area contributed by atoms with Crippen LogP contribution < -0.4 is 5.32 Å². The summed E-state index contributed by atoms with van der Waals surface area (Å²) >= 11 is 11.6. The number of nitrogens with one attached hydrogen (secondary N) is 1. The van der Waals surface area contributed by atoms with E-state index < -0.39 is 34.9 Å². The summed E-state index contributed by atoms with van der Waals surface area (Å²) in [7, 11) is 0. The van der Waals surface area contributed by atoms with Crippen molar-refractivity contribution in [3.63, 3.8) is 0 Å². The second-order valence-corrected chi connectivity index (χ2v) is 5.52. The minimum Gasteiger partial charge on any atom is -0.452 e. The smallest absolute Gasteiger partial charge is 0.340 e. The maximum atomic E-state index is 13.2. The Morgan fingerprint density at radius 3 is 2.56 bits per heavy atom. The molecule has 7 nitrogen and oxygen atoms in total. The summed E-state index contributed by atoms with van der Waals surface area (Å²) in [5.41, 5.74) is -0.780. The second kappa shape index (κ2) is 7.91. The van der Waals surface area contributed by atoms with E-state index in [0.717, 1.165) is 18.2 Å². The van der Waals surface area contributed by atoms with Gasteiger partial charge >= 0.3 is 11.7 Å². The largest absolute Gasteiger partial charge is 0.452 e. The average molecular weight is 387 g/mol. The third-order valence-electron chi connectivity index (χ3n) is 2.91. The first-order chi connectivity index (χ1) is 11.8. The Bertz CT molecular complexity index is 860. The second-order valence-electron chi connectivity index (χ2n) is 4.67. The standard InChI is InChI=1S/C15H9Cl2FN2O5/c16-8-1-3-10(11(17)5-8)15(22)25-7-14(21)19-9-2-4-12(18)13(6-9)20(23)24/h1-6H,7H2,(H,19,21). The number of hydrogen-bond donors (Lipinski definition) is 1. The molecule has 0 saturated heterocycles. The fraction of sp³-hybridized carbons (Fsp3) is 0.0667. The van der Waals surface area contributed by atoms with Gasteiger partial charge in [-0.1, -0.05) is 23.2 Å². The number of benzene rings is 2. The van der Waals surface area contributed by atoms with Crippen molar-refractivity contribution in [1.29, 1.82) is 0 Å². The molecule has 0 aliphatic rings. The van der Waals surface area contributed by atoms with E-state index >= 15 is 0 Å². The zero-order valence-electron chi connectivity index (χ0n) is 12.3. The third-order valence-corrected chi connectivity index (χ3v) is 3.46. The molecule has 0 heterocycles. The van der Waals surface area contributed by atoms with Gasteiger partial charge < -0.3 is 10.1 Å². The maximum absolute atomic E-state index is 13.2. The highest BCUT2D eigenvalue weighted by molar-refractivity contribution is 6.36. The van der Waals surface area contributed by atoms with Crippen LogP contribution in [0.4, 0.5) is 15.8 Å². The molecule has 2 aromatic carbocycles. The maximum Gasteiger partial charge on any atom is 0.340 e. The van der Waals surface area contributed by atoms with Gasteiger partial charge in [-0.05, 0) is 30.3 Å². The minimum absolute atomic E-state index is 0.0151. The van der Waals surface area contributed by atoms with Crippen LogP contribution in [-0.2, 0) is 9.53 Å². The van der Waals surface area contributed by atoms with Gasteiger partial charge in [-0.2, -0.15) is 4.39 Å². The van der Waals surface area contributed by atoms with Crippen LogP contribution in [0.25, 0.3) is 0 Å². The number of halogens is 3. The summed E-state index contributed by atoms with van der Waals surface area (Å²) in [6, 6.07) is 6.95. The molecule has 0 aromatic heterocycles. The summed E-state index contributed by atoms with van der Waals surface area (Å²) in [6.07, 6.45) is 0. The Kier molecular flexibility index (Phi) is 5.89. The van der Waals surface area contributed by atoms with Gasteiger partial charge in [-0.3, -0.25) is 14.9 Å². The highest BCUT2D eigenvalue weighted by Gasteiger charge is 2.17. The molecule has 0 fully saturated rings. The molecule has 130 valence electrons. The van der Waals surface area contributed by atoms with Gasteiger partial charge in [-0.15, -0.1) is 0 Å². The van der Waals surface area contributed by atoms with E-state index in [1.165, 1.54) is 18.2 Å². The van der Waals surface area contributed by atoms with Crippen molar-refractivity contribution in [2.45, 2.75) is 0 Å². The summed E-state index contributed by atoms with van der Waals surface area (Å²) in [5.74, 6) is -2.65. The highest BCUT2D eigenvalue weighted by atomic mass is 35.5. The number of esters is 1. The quantitative estimate of drug-likeness (QED) is 0.478. The number of ether oxygens (including phenoxy) is 1. The summed E-state index contributed by atoms with van der Waals surface area (Å²) in [6.45, 7) is -0.664. The summed E-state index contributed by atoms with van der Waals surface area (Å²) < 4.78 is 18.0. The van der Waals surface area contributed by atoms with E-state index in [1.807, 2.05) is 0 Å². The first kappa shape index (κ1) is 18.6. The number of hydrogen-bond acceptors (Lipinski definition) is 5. The first-order valence-electron chi connectivity index (χ1n) is 6.64. The predicted molar refractivity (Wildman–Crippen MR) is 88.4 cm³/mol. The number of nitrogens with zero attached hydrogens (tertiary/aromatic N) is 1. The summed E-state index contributed by atoms with van der Waals surface area (Å²) in [5, 5.41) is 13.3. The van der Waals surface area contributed by atoms with E-state index in [1.54, 1.807) is 0 Å². The molecule has 0 radical (unpaired) electrons. The Hall–Kier alpha value is -2.71. The normalized spacial score (nSPS) is 10.2. The Morgan fingerprint density at radius 1 is 1.20 bits per heavy atom. The molecule has 0 saturated carbocycles. The van der Waals surface area contributed by atoms with Gasteiger partial charge in [0.15, 0.2) is 6.61 Å². The molecule has 0 aliphatic heterocycles. The predicted octanol–water partition coefficient (Wildman–Crippen LogP) is 3.84. The van der Waals surface area contributed by atoms with Crippen molar-refractivity contribution in [1.82, 2.24) is 0 Å². The molecule has 0 bridgehead atoms. The van der Waals surface area contributed by atoms with Crippen LogP contribution in [0.5, 0.6) is 0 Å². The molecule has 0 spiro atoms. The zero-order chi connectivity index (χ0) is 18.6. The summed E-state index contributed by atoms with van der Waals surface area (Å²) in [4.78, 5) is 33.3. The fourth-order valence-electron chi connectivity index (χ4n) is 1.79. The number of nitro groups is 1. The van der Waals surface area contributed by atoms with E-state index in [9.17, 15) is 24.1 Å². The van der Waals surface area contributed by atoms with Crippen LogP contribution in [-0.4, -0.2) is 23.4 Å². The number of anilines is 1. The lowest BCUT2D eigenvalue weighted by atomic mass is 10.2.